The minimum Gasteiger partial charge on any atom is -0.289 e. The number of hydrogen-bond donors (Lipinski definition) is 0. The van der Waals surface area contributed by atoms with Gasteiger partial charge in [0.05, 0.1) is 0 Å². The molecular formula is C11H12ClN3. The Balaban J connectivity index is 2.31. The molecular weight excluding hydrogens is 210 g/mol. The third-order valence-corrected chi connectivity index (χ3v) is 2.45. The van der Waals surface area contributed by atoms with Gasteiger partial charge in [-0.15, -0.1) is 0 Å². The van der Waals surface area contributed by atoms with Crippen molar-refractivity contribution in [2.45, 2.75) is 19.8 Å². The second kappa shape index (κ2) is 4.03. The highest BCUT2D eigenvalue weighted by Crippen LogP contribution is 2.15. The Bertz CT molecular complexity index is 445. The van der Waals surface area contributed by atoms with Crippen molar-refractivity contribution in [2.24, 2.45) is 0 Å². The zero-order chi connectivity index (χ0) is 10.8. The molecule has 78 valence electrons. The summed E-state index contributed by atoms with van der Waals surface area (Å²) in [7, 11) is 0. The summed E-state index contributed by atoms with van der Waals surface area (Å²) in [6.07, 6.45) is 5.27. The number of aromatic nitrogens is 3. The SMILES string of the molecule is CC(C)c1ccc(-n2cnc(Cl)c2)nc1. The first kappa shape index (κ1) is 10.2. The van der Waals surface area contributed by atoms with Crippen molar-refractivity contribution >= 4 is 11.6 Å². The van der Waals surface area contributed by atoms with Gasteiger partial charge >= 0.3 is 0 Å². The fraction of sp³-hybridized carbons (Fsp3) is 0.273. The number of rotatable bonds is 2. The lowest BCUT2D eigenvalue weighted by Gasteiger charge is -2.05. The van der Waals surface area contributed by atoms with E-state index in [9.17, 15) is 0 Å². The van der Waals surface area contributed by atoms with Crippen molar-refractivity contribution in [1.29, 1.82) is 0 Å². The van der Waals surface area contributed by atoms with Crippen molar-refractivity contribution < 1.29 is 0 Å². The number of halogens is 1. The third-order valence-electron chi connectivity index (χ3n) is 2.25. The molecule has 0 radical (unpaired) electrons. The maximum absolute atomic E-state index is 5.73. The van der Waals surface area contributed by atoms with Crippen LogP contribution in [0.3, 0.4) is 0 Å². The Kier molecular flexibility index (Phi) is 2.73. The van der Waals surface area contributed by atoms with Crippen LogP contribution in [-0.4, -0.2) is 14.5 Å². The molecule has 0 saturated carbocycles. The van der Waals surface area contributed by atoms with Crippen LogP contribution < -0.4 is 0 Å². The van der Waals surface area contributed by atoms with Crippen LogP contribution >= 0.6 is 11.6 Å². The van der Waals surface area contributed by atoms with Gasteiger partial charge in [-0.25, -0.2) is 9.97 Å². The fourth-order valence-electron chi connectivity index (χ4n) is 1.32. The van der Waals surface area contributed by atoms with E-state index in [2.05, 4.69) is 29.9 Å². The first-order valence-electron chi connectivity index (χ1n) is 4.82. The Labute approximate surface area is 93.7 Å². The lowest BCUT2D eigenvalue weighted by Crippen LogP contribution is -1.96. The highest BCUT2D eigenvalue weighted by atomic mass is 35.5. The van der Waals surface area contributed by atoms with E-state index >= 15 is 0 Å². The molecule has 3 nitrogen and oxygen atoms in total. The average molecular weight is 222 g/mol. The molecule has 0 N–H and O–H groups in total. The number of nitrogens with zero attached hydrogens (tertiary/aromatic N) is 3. The lowest BCUT2D eigenvalue weighted by molar-refractivity contribution is 0.851. The van der Waals surface area contributed by atoms with Crippen molar-refractivity contribution in [3.63, 3.8) is 0 Å². The zero-order valence-corrected chi connectivity index (χ0v) is 9.44. The molecule has 0 aromatic carbocycles. The molecule has 0 atom stereocenters. The molecule has 4 heteroatoms. The molecule has 0 aliphatic carbocycles. The summed E-state index contributed by atoms with van der Waals surface area (Å²) in [5.41, 5.74) is 1.23. The van der Waals surface area contributed by atoms with Gasteiger partial charge < -0.3 is 0 Å². The van der Waals surface area contributed by atoms with E-state index < -0.39 is 0 Å². The van der Waals surface area contributed by atoms with Gasteiger partial charge in [0.15, 0.2) is 0 Å². The fourth-order valence-corrected chi connectivity index (χ4v) is 1.46. The van der Waals surface area contributed by atoms with Crippen molar-refractivity contribution in [2.75, 3.05) is 0 Å². The molecule has 2 heterocycles. The van der Waals surface area contributed by atoms with Crippen LogP contribution in [0.2, 0.25) is 5.15 Å². The second-order valence-electron chi connectivity index (χ2n) is 3.71. The van der Waals surface area contributed by atoms with Gasteiger partial charge in [0.2, 0.25) is 0 Å². The van der Waals surface area contributed by atoms with Crippen LogP contribution in [0.1, 0.15) is 25.3 Å². The van der Waals surface area contributed by atoms with Crippen LogP contribution in [0, 0.1) is 0 Å². The topological polar surface area (TPSA) is 30.7 Å². The van der Waals surface area contributed by atoms with E-state index in [1.807, 2.05) is 12.3 Å². The van der Waals surface area contributed by atoms with Crippen LogP contribution in [0.5, 0.6) is 0 Å². The van der Waals surface area contributed by atoms with E-state index in [1.165, 1.54) is 5.56 Å². The van der Waals surface area contributed by atoms with E-state index in [-0.39, 0.29) is 0 Å². The molecule has 2 aromatic rings. The highest BCUT2D eigenvalue weighted by Gasteiger charge is 2.02. The average Bonchev–Trinajstić information content (AvgIpc) is 2.65. The minimum atomic E-state index is 0.477. The van der Waals surface area contributed by atoms with E-state index in [1.54, 1.807) is 17.1 Å². The molecule has 0 spiro atoms. The molecule has 0 bridgehead atoms. The quantitative estimate of drug-likeness (QED) is 0.781. The first-order valence-corrected chi connectivity index (χ1v) is 5.20. The van der Waals surface area contributed by atoms with Crippen molar-refractivity contribution in [3.05, 3.63) is 41.6 Å². The standard InChI is InChI=1S/C11H12ClN3/c1-8(2)9-3-4-11(13-5-9)15-6-10(12)14-7-15/h3-8H,1-2H3. The summed E-state index contributed by atoms with van der Waals surface area (Å²) in [6.45, 7) is 4.29. The minimum absolute atomic E-state index is 0.477. The molecule has 2 rings (SSSR count). The van der Waals surface area contributed by atoms with Gasteiger partial charge in [-0.3, -0.25) is 4.57 Å². The summed E-state index contributed by atoms with van der Waals surface area (Å²) < 4.78 is 1.80. The largest absolute Gasteiger partial charge is 0.289 e. The van der Waals surface area contributed by atoms with Crippen LogP contribution in [0.4, 0.5) is 0 Å². The number of pyridine rings is 1. The summed E-state index contributed by atoms with van der Waals surface area (Å²) in [5.74, 6) is 1.33. The van der Waals surface area contributed by atoms with Gasteiger partial charge in [0.1, 0.15) is 17.3 Å². The van der Waals surface area contributed by atoms with Crippen LogP contribution in [0.15, 0.2) is 30.9 Å². The lowest BCUT2D eigenvalue weighted by atomic mass is 10.1. The summed E-state index contributed by atoms with van der Waals surface area (Å²) in [5, 5.41) is 0.477. The van der Waals surface area contributed by atoms with Gasteiger partial charge in [-0.05, 0) is 17.5 Å². The Morgan fingerprint density at radius 1 is 1.27 bits per heavy atom. The molecule has 2 aromatic heterocycles. The smallest absolute Gasteiger partial charge is 0.147 e. The third kappa shape index (κ3) is 2.18. The molecule has 15 heavy (non-hydrogen) atoms. The molecule has 0 fully saturated rings. The summed E-state index contributed by atoms with van der Waals surface area (Å²) >= 11 is 5.73. The number of hydrogen-bond acceptors (Lipinski definition) is 2. The van der Waals surface area contributed by atoms with Crippen LogP contribution in [-0.2, 0) is 0 Å². The van der Waals surface area contributed by atoms with E-state index in [0.717, 1.165) is 5.82 Å². The molecule has 0 saturated heterocycles. The second-order valence-corrected chi connectivity index (χ2v) is 4.10. The summed E-state index contributed by atoms with van der Waals surface area (Å²) in [6, 6.07) is 4.04. The molecule has 0 aliphatic heterocycles. The van der Waals surface area contributed by atoms with E-state index in [4.69, 9.17) is 11.6 Å². The Morgan fingerprint density at radius 2 is 2.07 bits per heavy atom. The maximum Gasteiger partial charge on any atom is 0.147 e. The van der Waals surface area contributed by atoms with Gasteiger partial charge in [-0.2, -0.15) is 0 Å². The normalized spacial score (nSPS) is 10.9. The van der Waals surface area contributed by atoms with Gasteiger partial charge in [0.25, 0.3) is 0 Å². The maximum atomic E-state index is 5.73. The molecule has 0 aliphatic rings. The molecule has 0 unspecified atom stereocenters. The Hall–Kier alpha value is -1.35. The predicted molar refractivity (Wildman–Crippen MR) is 60.5 cm³/mol. The van der Waals surface area contributed by atoms with Crippen molar-refractivity contribution in [1.82, 2.24) is 14.5 Å². The zero-order valence-electron chi connectivity index (χ0n) is 8.68. The molecule has 0 amide bonds. The summed E-state index contributed by atoms with van der Waals surface area (Å²) in [4.78, 5) is 8.29. The van der Waals surface area contributed by atoms with E-state index in [0.29, 0.717) is 11.1 Å². The van der Waals surface area contributed by atoms with Gasteiger partial charge in [-0.1, -0.05) is 31.5 Å². The first-order chi connectivity index (χ1) is 7.16. The Morgan fingerprint density at radius 3 is 2.53 bits per heavy atom. The van der Waals surface area contributed by atoms with Gasteiger partial charge in [0, 0.05) is 12.4 Å². The monoisotopic (exact) mass is 221 g/mol. The predicted octanol–water partition coefficient (Wildman–Crippen LogP) is 3.04. The number of imidazole rings is 1. The van der Waals surface area contributed by atoms with Crippen molar-refractivity contribution in [3.8, 4) is 5.82 Å². The van der Waals surface area contributed by atoms with Crippen LogP contribution in [0.25, 0.3) is 5.82 Å². The highest BCUT2D eigenvalue weighted by molar-refractivity contribution is 6.29.